The molecule has 312 valence electrons. The lowest BCUT2D eigenvalue weighted by atomic mass is 9.66. The summed E-state index contributed by atoms with van der Waals surface area (Å²) in [6.45, 7) is 0. The second-order valence-electron chi connectivity index (χ2n) is 18.3. The molecule has 0 atom stereocenters. The zero-order chi connectivity index (χ0) is 44.1. The Bertz CT molecular complexity index is 3640. The maximum atomic E-state index is 2.53. The second kappa shape index (κ2) is 14.5. The predicted molar refractivity (Wildman–Crippen MR) is 278 cm³/mol. The fourth-order valence-electron chi connectivity index (χ4n) is 12.6. The van der Waals surface area contributed by atoms with E-state index in [1.54, 1.807) is 0 Å². The first-order valence-electron chi connectivity index (χ1n) is 23.4. The number of fused-ring (bicyclic) bond motifs is 15. The lowest BCUT2D eigenvalue weighted by molar-refractivity contribution is 0.775. The van der Waals surface area contributed by atoms with Crippen LogP contribution in [0, 0.1) is 0 Å². The summed E-state index contributed by atoms with van der Waals surface area (Å²) in [4.78, 5) is 2.53. The molecule has 0 aliphatic heterocycles. The first-order valence-corrected chi connectivity index (χ1v) is 23.4. The Balaban J connectivity index is 1.09. The molecule has 0 amide bonds. The van der Waals surface area contributed by atoms with Crippen molar-refractivity contribution in [2.45, 2.75) is 10.8 Å². The van der Waals surface area contributed by atoms with E-state index in [1.807, 2.05) is 0 Å². The number of anilines is 3. The van der Waals surface area contributed by atoms with E-state index in [4.69, 9.17) is 0 Å². The molecule has 67 heavy (non-hydrogen) atoms. The van der Waals surface area contributed by atoms with Crippen molar-refractivity contribution in [3.05, 3.63) is 305 Å². The molecule has 3 aliphatic rings. The zero-order valence-electron chi connectivity index (χ0n) is 36.8. The second-order valence-corrected chi connectivity index (χ2v) is 18.3. The van der Waals surface area contributed by atoms with Crippen molar-refractivity contribution in [2.24, 2.45) is 0 Å². The van der Waals surface area contributed by atoms with Crippen LogP contribution >= 0.6 is 0 Å². The van der Waals surface area contributed by atoms with Crippen LogP contribution in [0.15, 0.2) is 261 Å². The number of hydrogen-bond donors (Lipinski definition) is 0. The van der Waals surface area contributed by atoms with Gasteiger partial charge in [-0.05, 0) is 131 Å². The number of nitrogens with zero attached hydrogens (tertiary/aromatic N) is 1. The molecule has 0 fully saturated rings. The van der Waals surface area contributed by atoms with Gasteiger partial charge in [-0.25, -0.2) is 0 Å². The summed E-state index contributed by atoms with van der Waals surface area (Å²) in [6, 6.07) is 97.6. The Labute approximate surface area is 391 Å². The van der Waals surface area contributed by atoms with Crippen molar-refractivity contribution >= 4 is 27.8 Å². The summed E-state index contributed by atoms with van der Waals surface area (Å²) in [5.41, 5.74) is 22.9. The lowest BCUT2D eigenvalue weighted by Gasteiger charge is -2.36. The molecule has 1 nitrogen and oxygen atoms in total. The zero-order valence-corrected chi connectivity index (χ0v) is 36.8. The van der Waals surface area contributed by atoms with Crippen LogP contribution in [0.3, 0.4) is 0 Å². The van der Waals surface area contributed by atoms with Crippen LogP contribution < -0.4 is 4.90 Å². The third-order valence-corrected chi connectivity index (χ3v) is 15.1. The van der Waals surface area contributed by atoms with Crippen molar-refractivity contribution in [2.75, 3.05) is 4.90 Å². The summed E-state index contributed by atoms with van der Waals surface area (Å²) in [5, 5.41) is 2.44. The monoisotopic (exact) mass is 849 g/mol. The molecule has 0 bridgehead atoms. The Morgan fingerprint density at radius 3 is 1.33 bits per heavy atom. The van der Waals surface area contributed by atoms with Gasteiger partial charge in [0.1, 0.15) is 0 Å². The standard InChI is InChI=1S/C66H43N/c1-5-21-44(22-6-1)45-37-40-61-56(41-45)57-43-63(54-32-13-14-33-55(54)64(57)65(61,46-23-7-2-8-24-46)47-25-9-3-10-26-47)67(48-27-11-4-12-28-48)49-38-39-53-52-31-17-20-36-60(52)66(62(53)42-49)58-34-18-15-29-50(58)51-30-16-19-35-59(51)66/h1-43H. The summed E-state index contributed by atoms with van der Waals surface area (Å²) in [6.07, 6.45) is 0. The first-order chi connectivity index (χ1) is 33.3. The SMILES string of the molecule is c1ccc(-c2ccc3c(c2)-c2cc(N(c4ccccc4)c4ccc5c(c4)C4(c6ccccc6-c6ccccc64)c4ccccc4-5)c4ccccc4c2C3(c2ccccc2)c2ccccc2)cc1. The van der Waals surface area contributed by atoms with Gasteiger partial charge in [-0.2, -0.15) is 0 Å². The number of para-hydroxylation sites is 1. The molecule has 14 rings (SSSR count). The van der Waals surface area contributed by atoms with Crippen molar-refractivity contribution in [1.29, 1.82) is 0 Å². The molecule has 0 radical (unpaired) electrons. The molecule has 11 aromatic rings. The average Bonchev–Trinajstić information content (AvgIpc) is 4.00. The van der Waals surface area contributed by atoms with E-state index in [-0.39, 0.29) is 0 Å². The van der Waals surface area contributed by atoms with Crippen LogP contribution in [0.1, 0.15) is 44.5 Å². The summed E-state index contributed by atoms with van der Waals surface area (Å²) < 4.78 is 0. The van der Waals surface area contributed by atoms with Crippen LogP contribution in [0.2, 0.25) is 0 Å². The Morgan fingerprint density at radius 1 is 0.254 bits per heavy atom. The fraction of sp³-hybridized carbons (Fsp3) is 0.0303. The van der Waals surface area contributed by atoms with E-state index in [9.17, 15) is 0 Å². The number of benzene rings is 11. The van der Waals surface area contributed by atoms with Gasteiger partial charge < -0.3 is 4.90 Å². The minimum atomic E-state index is -0.576. The van der Waals surface area contributed by atoms with Gasteiger partial charge in [-0.1, -0.05) is 224 Å². The third-order valence-electron chi connectivity index (χ3n) is 15.1. The van der Waals surface area contributed by atoms with Crippen LogP contribution in [0.25, 0.3) is 55.3 Å². The molecule has 0 saturated heterocycles. The molecular weight excluding hydrogens is 807 g/mol. The van der Waals surface area contributed by atoms with Gasteiger partial charge >= 0.3 is 0 Å². The Hall–Kier alpha value is -8.52. The molecule has 1 spiro atoms. The molecule has 11 aromatic carbocycles. The van der Waals surface area contributed by atoms with Crippen LogP contribution in [-0.4, -0.2) is 0 Å². The van der Waals surface area contributed by atoms with Gasteiger partial charge in [-0.15, -0.1) is 0 Å². The van der Waals surface area contributed by atoms with Crippen molar-refractivity contribution in [1.82, 2.24) is 0 Å². The lowest BCUT2D eigenvalue weighted by Crippen LogP contribution is -2.29. The highest BCUT2D eigenvalue weighted by atomic mass is 15.1. The molecule has 0 heterocycles. The van der Waals surface area contributed by atoms with E-state index >= 15 is 0 Å². The highest BCUT2D eigenvalue weighted by molar-refractivity contribution is 6.09. The van der Waals surface area contributed by atoms with Gasteiger partial charge in [0.05, 0.1) is 16.5 Å². The van der Waals surface area contributed by atoms with Gasteiger partial charge in [0.2, 0.25) is 0 Å². The summed E-state index contributed by atoms with van der Waals surface area (Å²) >= 11 is 0. The minimum Gasteiger partial charge on any atom is -0.310 e. The van der Waals surface area contributed by atoms with Gasteiger partial charge in [0, 0.05) is 16.8 Å². The van der Waals surface area contributed by atoms with Crippen LogP contribution in [-0.2, 0) is 10.8 Å². The smallest absolute Gasteiger partial charge is 0.0726 e. The molecule has 0 unspecified atom stereocenters. The van der Waals surface area contributed by atoms with Crippen LogP contribution in [0.5, 0.6) is 0 Å². The van der Waals surface area contributed by atoms with E-state index in [2.05, 4.69) is 266 Å². The summed E-state index contributed by atoms with van der Waals surface area (Å²) in [7, 11) is 0. The van der Waals surface area contributed by atoms with E-state index < -0.39 is 10.8 Å². The predicted octanol–water partition coefficient (Wildman–Crippen LogP) is 16.7. The maximum Gasteiger partial charge on any atom is 0.0726 e. The van der Waals surface area contributed by atoms with Crippen molar-refractivity contribution < 1.29 is 0 Å². The Morgan fingerprint density at radius 2 is 0.731 bits per heavy atom. The molecule has 3 aliphatic carbocycles. The van der Waals surface area contributed by atoms with E-state index in [0.29, 0.717) is 0 Å². The molecule has 1 heteroatoms. The quantitative estimate of drug-likeness (QED) is 0.161. The highest BCUT2D eigenvalue weighted by Gasteiger charge is 2.52. The van der Waals surface area contributed by atoms with Gasteiger partial charge in [0.15, 0.2) is 0 Å². The van der Waals surface area contributed by atoms with E-state index in [0.717, 1.165) is 17.1 Å². The van der Waals surface area contributed by atoms with Crippen LogP contribution in [0.4, 0.5) is 17.1 Å². The fourth-order valence-corrected chi connectivity index (χ4v) is 12.6. The molecular formula is C66H43N. The van der Waals surface area contributed by atoms with E-state index in [1.165, 1.54) is 99.8 Å². The largest absolute Gasteiger partial charge is 0.310 e. The first kappa shape index (κ1) is 37.8. The molecule has 0 saturated carbocycles. The highest BCUT2D eigenvalue weighted by Crippen LogP contribution is 2.64. The maximum absolute atomic E-state index is 2.53. The van der Waals surface area contributed by atoms with Crippen molar-refractivity contribution in [3.8, 4) is 44.5 Å². The van der Waals surface area contributed by atoms with Gasteiger partial charge in [-0.3, -0.25) is 0 Å². The molecule has 0 N–H and O–H groups in total. The van der Waals surface area contributed by atoms with Crippen molar-refractivity contribution in [3.63, 3.8) is 0 Å². The summed E-state index contributed by atoms with van der Waals surface area (Å²) in [5.74, 6) is 0. The average molecular weight is 850 g/mol. The number of hydrogen-bond acceptors (Lipinski definition) is 1. The molecule has 0 aromatic heterocycles. The van der Waals surface area contributed by atoms with Gasteiger partial charge in [0.25, 0.3) is 0 Å². The Kier molecular flexibility index (Phi) is 8.18. The topological polar surface area (TPSA) is 3.24 Å². The minimum absolute atomic E-state index is 0.463. The third kappa shape index (κ3) is 5.14. The normalized spacial score (nSPS) is 13.9. The number of rotatable bonds is 6.